The molecule has 29 heavy (non-hydrogen) atoms. The Morgan fingerprint density at radius 1 is 1.00 bits per heavy atom. The van der Waals surface area contributed by atoms with Crippen LogP contribution in [0, 0.1) is 3.57 Å². The molecule has 0 nitrogen and oxygen atoms in total. The molecule has 2 heteroatoms. The van der Waals surface area contributed by atoms with Gasteiger partial charge in [0.25, 0.3) is 0 Å². The van der Waals surface area contributed by atoms with Crippen molar-refractivity contribution in [3.05, 3.63) is 87.0 Å². The maximum absolute atomic E-state index is 2.50. The Morgan fingerprint density at radius 2 is 1.79 bits per heavy atom. The van der Waals surface area contributed by atoms with Crippen molar-refractivity contribution in [1.82, 2.24) is 0 Å². The molecule has 0 N–H and O–H groups in total. The molecule has 1 aliphatic heterocycles. The monoisotopic (exact) mass is 503 g/mol. The second kappa shape index (κ2) is 5.83. The van der Waals surface area contributed by atoms with E-state index in [4.69, 9.17) is 0 Å². The maximum atomic E-state index is 2.50. The topological polar surface area (TPSA) is 0 Å². The van der Waals surface area contributed by atoms with Gasteiger partial charge in [0.15, 0.2) is 0 Å². The van der Waals surface area contributed by atoms with Crippen molar-refractivity contribution >= 4 is 38.3 Å². The summed E-state index contributed by atoms with van der Waals surface area (Å²) in [5, 5.41) is 4.50. The van der Waals surface area contributed by atoms with Gasteiger partial charge in [0.2, 0.25) is 0 Å². The molecule has 0 radical (unpaired) electrons. The molecule has 142 valence electrons. The molecule has 2 unspecified atom stereocenters. The zero-order chi connectivity index (χ0) is 19.2. The molecule has 2 heterocycles. The van der Waals surface area contributed by atoms with Crippen LogP contribution in [0.2, 0.25) is 0 Å². The molecule has 0 amide bonds. The third-order valence-corrected chi connectivity index (χ3v) is 12.2. The molecule has 0 spiro atoms. The van der Waals surface area contributed by atoms with Crippen LogP contribution in [0.15, 0.2) is 66.8 Å². The summed E-state index contributed by atoms with van der Waals surface area (Å²) >= 11 is 1.92. The van der Waals surface area contributed by atoms with Gasteiger partial charge in [0.05, 0.1) is 0 Å². The number of hydrogen-bond acceptors (Lipinski definition) is 1. The molecule has 3 aromatic carbocycles. The molecule has 0 saturated heterocycles. The Labute approximate surface area is 185 Å². The normalized spacial score (nSPS) is 24.1. The van der Waals surface area contributed by atoms with Crippen molar-refractivity contribution in [2.45, 2.75) is 29.1 Å². The second-order valence-corrected chi connectivity index (χ2v) is 12.6. The van der Waals surface area contributed by atoms with Gasteiger partial charge < -0.3 is 0 Å². The van der Waals surface area contributed by atoms with Crippen molar-refractivity contribution in [2.24, 2.45) is 0 Å². The van der Waals surface area contributed by atoms with Gasteiger partial charge in [-0.3, -0.25) is 0 Å². The predicted octanol–water partition coefficient (Wildman–Crippen LogP) is 4.15. The van der Waals surface area contributed by atoms with Gasteiger partial charge in [-0.05, 0) is 0 Å². The van der Waals surface area contributed by atoms with Crippen LogP contribution in [-0.2, 0) is 11.8 Å². The number of fused-ring (bicyclic) bond motifs is 12. The molecule has 3 aliphatic rings. The Hall–Kier alpha value is -1.91. The first-order valence-corrected chi connectivity index (χ1v) is 13.5. The fourth-order valence-corrected chi connectivity index (χ4v) is 10.9. The average molecular weight is 503 g/mol. The van der Waals surface area contributed by atoms with Crippen molar-refractivity contribution in [2.75, 3.05) is 0 Å². The molecule has 2 aliphatic carbocycles. The number of benzene rings is 3. The van der Waals surface area contributed by atoms with Gasteiger partial charge in [0.1, 0.15) is 0 Å². The number of alkyl halides is 1. The van der Waals surface area contributed by atoms with Crippen LogP contribution in [0.3, 0.4) is 0 Å². The molecular formula is C27H20IS-. The van der Waals surface area contributed by atoms with E-state index in [1.807, 2.05) is 11.3 Å². The van der Waals surface area contributed by atoms with Gasteiger partial charge >= 0.3 is 186 Å². The van der Waals surface area contributed by atoms with Crippen LogP contribution in [0.25, 0.3) is 37.4 Å². The molecule has 7 rings (SSSR count). The Morgan fingerprint density at radius 3 is 2.62 bits per heavy atom. The summed E-state index contributed by atoms with van der Waals surface area (Å²) in [6.45, 7) is 2.49. The van der Waals surface area contributed by atoms with Gasteiger partial charge in [-0.15, -0.1) is 0 Å². The average Bonchev–Trinajstić information content (AvgIpc) is 3.12. The van der Waals surface area contributed by atoms with Crippen molar-refractivity contribution in [3.8, 4) is 10.4 Å². The standard InChI is InChI=1S/C27H20IS/c1-27-15-14-22(27)28-25-19-11-5-3-9-17(19)16-8-2-4-10-18(16)23(25)26-24(27)20-12-6-7-13-21(20)29-26/h3-7,9-15,22H,2,8H2,1H3/q-1. The first kappa shape index (κ1) is 16.8. The number of hydrogen-bond donors (Lipinski definition) is 0. The molecule has 2 atom stereocenters. The van der Waals surface area contributed by atoms with E-state index in [0.717, 1.165) is 12.8 Å². The molecular weight excluding hydrogens is 483 g/mol. The summed E-state index contributed by atoms with van der Waals surface area (Å²) in [4.78, 5) is 1.55. The van der Waals surface area contributed by atoms with Crippen LogP contribution in [-0.4, -0.2) is 3.92 Å². The zero-order valence-corrected chi connectivity index (χ0v) is 19.2. The Balaban J connectivity index is 1.72. The molecule has 0 bridgehead atoms. The summed E-state index contributed by atoms with van der Waals surface area (Å²) in [6, 6.07) is 18.3. The van der Waals surface area contributed by atoms with Crippen LogP contribution in [0.5, 0.6) is 0 Å². The molecule has 1 aromatic heterocycles. The van der Waals surface area contributed by atoms with Gasteiger partial charge in [-0.1, -0.05) is 0 Å². The van der Waals surface area contributed by atoms with E-state index < -0.39 is 0 Å². The second-order valence-electron chi connectivity index (χ2n) is 8.52. The van der Waals surface area contributed by atoms with Gasteiger partial charge in [-0.25, -0.2) is 0 Å². The van der Waals surface area contributed by atoms with Crippen molar-refractivity contribution in [3.63, 3.8) is 0 Å². The van der Waals surface area contributed by atoms with E-state index in [-0.39, 0.29) is 26.6 Å². The predicted molar refractivity (Wildman–Crippen MR) is 121 cm³/mol. The molecule has 0 fully saturated rings. The number of rotatable bonds is 0. The number of aryl methyl sites for hydroxylation is 1. The van der Waals surface area contributed by atoms with E-state index >= 15 is 0 Å². The fourth-order valence-electron chi connectivity index (χ4n) is 5.41. The van der Waals surface area contributed by atoms with Crippen LogP contribution in [0.1, 0.15) is 30.0 Å². The number of halogens is 1. The number of thiophene rings is 1. The summed E-state index contributed by atoms with van der Waals surface area (Å²) < 4.78 is 3.80. The summed E-state index contributed by atoms with van der Waals surface area (Å²) in [5.74, 6) is 0. The minimum atomic E-state index is -0.110. The van der Waals surface area contributed by atoms with Gasteiger partial charge in [0, 0.05) is 0 Å². The first-order chi connectivity index (χ1) is 14.3. The molecule has 0 saturated carbocycles. The van der Waals surface area contributed by atoms with Crippen molar-refractivity contribution < 1.29 is 21.2 Å². The van der Waals surface area contributed by atoms with E-state index in [9.17, 15) is 0 Å². The van der Waals surface area contributed by atoms with E-state index in [0.29, 0.717) is 3.92 Å². The zero-order valence-electron chi connectivity index (χ0n) is 16.2. The van der Waals surface area contributed by atoms with E-state index in [2.05, 4.69) is 79.8 Å². The minimum absolute atomic E-state index is 0.110. The van der Waals surface area contributed by atoms with Crippen LogP contribution >= 0.6 is 11.3 Å². The van der Waals surface area contributed by atoms with Crippen LogP contribution < -0.4 is 21.2 Å². The SMILES string of the molecule is CC12C=CC1[I-]c1c(c3c(c4ccccc14)CCC=C3)-c1sc3ccccc3c12. The van der Waals surface area contributed by atoms with Crippen LogP contribution in [0.4, 0.5) is 0 Å². The first-order valence-electron chi connectivity index (χ1n) is 10.3. The Kier molecular flexibility index (Phi) is 3.38. The quantitative estimate of drug-likeness (QED) is 0.192. The van der Waals surface area contributed by atoms with E-state index in [1.54, 1.807) is 25.1 Å². The summed E-state index contributed by atoms with van der Waals surface area (Å²) in [6.07, 6.45) is 12.1. The summed E-state index contributed by atoms with van der Waals surface area (Å²) in [7, 11) is 0. The van der Waals surface area contributed by atoms with Crippen molar-refractivity contribution in [1.29, 1.82) is 0 Å². The third kappa shape index (κ3) is 2.09. The third-order valence-electron chi connectivity index (χ3n) is 6.92. The summed E-state index contributed by atoms with van der Waals surface area (Å²) in [5.41, 5.74) is 6.45. The Bertz CT molecular complexity index is 1400. The molecule has 4 aromatic rings. The van der Waals surface area contributed by atoms with E-state index in [1.165, 1.54) is 26.4 Å². The fraction of sp³-hybridized carbons (Fsp3) is 0.185. The van der Waals surface area contributed by atoms with Gasteiger partial charge in [-0.2, -0.15) is 0 Å². The number of allylic oxidation sites excluding steroid dienone is 3.